The van der Waals surface area contributed by atoms with E-state index in [2.05, 4.69) is 13.2 Å². The molecule has 4 atom stereocenters. The number of rotatable bonds is 18. The van der Waals surface area contributed by atoms with Crippen LogP contribution in [0.5, 0.6) is 0 Å². The second-order valence-corrected chi connectivity index (χ2v) is 13.9. The molecule has 2 saturated heterocycles. The fourth-order valence-electron chi connectivity index (χ4n) is 6.57. The number of esters is 4. The summed E-state index contributed by atoms with van der Waals surface area (Å²) in [5.74, 6) is -4.35. The lowest BCUT2D eigenvalue weighted by Gasteiger charge is -2.17. The van der Waals surface area contributed by atoms with Crippen LogP contribution in [0.4, 0.5) is 8.78 Å². The monoisotopic (exact) mass is 822 g/mol. The lowest BCUT2D eigenvalue weighted by atomic mass is 10.00. The molecule has 0 saturated carbocycles. The van der Waals surface area contributed by atoms with Crippen molar-refractivity contribution >= 4 is 35.4 Å². The van der Waals surface area contributed by atoms with Crippen LogP contribution in [-0.2, 0) is 60.4 Å². The fraction of sp³-hybridized carbons (Fsp3) is 0.261. The molecule has 4 aromatic carbocycles. The Balaban J connectivity index is 0.965. The first-order valence-corrected chi connectivity index (χ1v) is 19.0. The Hall–Kier alpha value is -6.64. The van der Waals surface area contributed by atoms with Crippen molar-refractivity contribution < 1.29 is 66.0 Å². The zero-order chi connectivity index (χ0) is 42.8. The van der Waals surface area contributed by atoms with E-state index in [4.69, 9.17) is 28.4 Å². The molecular formula is C46H40F2O12. The minimum Gasteiger partial charge on any atom is -0.457 e. The van der Waals surface area contributed by atoms with E-state index in [1.54, 1.807) is 48.5 Å². The summed E-state index contributed by atoms with van der Waals surface area (Å²) in [6.45, 7) is 5.86. The lowest BCUT2D eigenvalue weighted by Crippen LogP contribution is -2.36. The maximum atomic E-state index is 15.0. The minimum atomic E-state index is -0.780. The Labute approximate surface area is 343 Å². The number of carbonyl (C=O) groups is 6. The highest BCUT2D eigenvalue weighted by molar-refractivity contribution is 5.92. The first-order valence-electron chi connectivity index (χ1n) is 19.0. The normalized spacial score (nSPS) is 17.8. The van der Waals surface area contributed by atoms with Crippen molar-refractivity contribution in [1.29, 1.82) is 0 Å². The zero-order valence-corrected chi connectivity index (χ0v) is 32.3. The minimum absolute atomic E-state index is 0.00924. The average Bonchev–Trinajstić information content (AvgIpc) is 3.85. The van der Waals surface area contributed by atoms with Gasteiger partial charge in [-0.15, -0.1) is 0 Å². The number of hydrogen-bond acceptors (Lipinski definition) is 12. The maximum absolute atomic E-state index is 15.0. The van der Waals surface area contributed by atoms with Crippen molar-refractivity contribution in [2.45, 2.75) is 50.1 Å². The molecule has 0 spiro atoms. The molecule has 6 rings (SSSR count). The number of ether oxygens (including phenoxy) is 6. The molecule has 310 valence electrons. The first kappa shape index (κ1) is 43.0. The molecule has 4 aromatic rings. The molecule has 60 heavy (non-hydrogen) atoms. The van der Waals surface area contributed by atoms with E-state index >= 15 is 8.78 Å². The average molecular weight is 823 g/mol. The van der Waals surface area contributed by atoms with Gasteiger partial charge in [-0.1, -0.05) is 61.7 Å². The van der Waals surface area contributed by atoms with Crippen LogP contribution in [0.15, 0.2) is 110 Å². The van der Waals surface area contributed by atoms with Crippen LogP contribution in [0, 0.1) is 11.6 Å². The number of benzene rings is 4. The summed E-state index contributed by atoms with van der Waals surface area (Å²) in [6.07, 6.45) is -0.436. The van der Waals surface area contributed by atoms with Gasteiger partial charge >= 0.3 is 23.9 Å². The molecule has 0 aliphatic carbocycles. The largest absolute Gasteiger partial charge is 0.457 e. The number of aryl methyl sites for hydroxylation is 2. The molecule has 2 heterocycles. The smallest absolute Gasteiger partial charge is 0.338 e. The Kier molecular flexibility index (Phi) is 14.2. The maximum Gasteiger partial charge on any atom is 0.338 e. The predicted molar refractivity (Wildman–Crippen MR) is 211 cm³/mol. The topological polar surface area (TPSA) is 158 Å². The van der Waals surface area contributed by atoms with Gasteiger partial charge in [0.25, 0.3) is 0 Å². The van der Waals surface area contributed by atoms with Crippen LogP contribution in [0.3, 0.4) is 0 Å². The van der Waals surface area contributed by atoms with Gasteiger partial charge in [-0.2, -0.15) is 0 Å². The van der Waals surface area contributed by atoms with Gasteiger partial charge in [-0.05, 0) is 83.6 Å². The van der Waals surface area contributed by atoms with Crippen LogP contribution in [-0.4, -0.2) is 86.3 Å². The first-order chi connectivity index (χ1) is 28.9. The Morgan fingerprint density at radius 3 is 1.32 bits per heavy atom. The van der Waals surface area contributed by atoms with Gasteiger partial charge in [0, 0.05) is 24.0 Å². The van der Waals surface area contributed by atoms with Crippen molar-refractivity contribution in [1.82, 2.24) is 0 Å². The highest BCUT2D eigenvalue weighted by Gasteiger charge is 2.51. The summed E-state index contributed by atoms with van der Waals surface area (Å²) in [5, 5.41) is 0. The number of fused-ring (bicyclic) bond motifs is 1. The quantitative estimate of drug-likeness (QED) is 0.0627. The third-order valence-corrected chi connectivity index (χ3v) is 9.85. The zero-order valence-electron chi connectivity index (χ0n) is 32.3. The summed E-state index contributed by atoms with van der Waals surface area (Å²) in [4.78, 5) is 72.4. The molecule has 0 aromatic heterocycles. The number of carbonyl (C=O) groups excluding carboxylic acids is 6. The summed E-state index contributed by atoms with van der Waals surface area (Å²) >= 11 is 0. The molecule has 2 aliphatic rings. The molecule has 14 heteroatoms. The number of hydrogen-bond donors (Lipinski definition) is 0. The third-order valence-electron chi connectivity index (χ3n) is 9.85. The van der Waals surface area contributed by atoms with Gasteiger partial charge < -0.3 is 28.4 Å². The van der Waals surface area contributed by atoms with Crippen molar-refractivity contribution in [3.05, 3.63) is 144 Å². The van der Waals surface area contributed by atoms with E-state index < -0.39 is 71.5 Å². The van der Waals surface area contributed by atoms with Gasteiger partial charge in [-0.3, -0.25) is 19.2 Å². The highest BCUT2D eigenvalue weighted by atomic mass is 19.1. The Bertz CT molecular complexity index is 2120. The second-order valence-electron chi connectivity index (χ2n) is 13.9. The molecule has 0 bridgehead atoms. The Morgan fingerprint density at radius 1 is 0.583 bits per heavy atom. The molecule has 2 aliphatic heterocycles. The van der Waals surface area contributed by atoms with Crippen molar-refractivity contribution in [2.75, 3.05) is 26.4 Å². The summed E-state index contributed by atoms with van der Waals surface area (Å²) in [5.41, 5.74) is 3.15. The van der Waals surface area contributed by atoms with Crippen molar-refractivity contribution in [3.63, 3.8) is 0 Å². The van der Waals surface area contributed by atoms with Gasteiger partial charge in [0.2, 0.25) is 0 Å². The van der Waals surface area contributed by atoms with Crippen LogP contribution < -0.4 is 0 Å². The molecule has 2 fully saturated rings. The van der Waals surface area contributed by atoms with Crippen molar-refractivity contribution in [3.8, 4) is 22.3 Å². The predicted octanol–water partition coefficient (Wildman–Crippen LogP) is 6.31. The number of ketones is 2. The molecule has 0 N–H and O–H groups in total. The van der Waals surface area contributed by atoms with E-state index in [9.17, 15) is 28.8 Å². The van der Waals surface area contributed by atoms with E-state index in [0.717, 1.165) is 12.2 Å². The van der Waals surface area contributed by atoms with Gasteiger partial charge in [0.05, 0.1) is 24.3 Å². The van der Waals surface area contributed by atoms with Crippen LogP contribution >= 0.6 is 0 Å². The van der Waals surface area contributed by atoms with Gasteiger partial charge in [0.15, 0.2) is 37.0 Å². The fourth-order valence-corrected chi connectivity index (χ4v) is 6.57. The second kappa shape index (κ2) is 19.9. The van der Waals surface area contributed by atoms with Gasteiger partial charge in [0.1, 0.15) is 23.8 Å². The molecule has 0 amide bonds. The van der Waals surface area contributed by atoms with E-state index in [1.165, 1.54) is 36.4 Å². The Morgan fingerprint density at radius 2 is 0.967 bits per heavy atom. The molecule has 12 nitrogen and oxygen atoms in total. The molecule has 0 radical (unpaired) electrons. The molecule has 2 unspecified atom stereocenters. The van der Waals surface area contributed by atoms with Crippen LogP contribution in [0.1, 0.15) is 44.7 Å². The standard InChI is InChI=1S/C46H40F2O12/c1-3-33(49)23-55-41(51)19-7-27-5-17-35(37(47)21-27)29-9-13-31(14-10-29)45(53)59-39-25-57-44-40(26-58-43(39)44)60-46(54)32-15-11-30(12-16-32)36-18-6-28(22-38(36)48)8-20-42(52)56-24-34(50)4-2/h3-6,9-18,21-22,39-40,43-44H,1-2,7-8,19-20,23-26H2/t39-,40+,43?,44?. The summed E-state index contributed by atoms with van der Waals surface area (Å²) < 4.78 is 62.9. The third kappa shape index (κ3) is 10.9. The van der Waals surface area contributed by atoms with Gasteiger partial charge in [-0.25, -0.2) is 18.4 Å². The summed E-state index contributed by atoms with van der Waals surface area (Å²) in [6, 6.07) is 21.5. The van der Waals surface area contributed by atoms with Crippen LogP contribution in [0.25, 0.3) is 22.3 Å². The van der Waals surface area contributed by atoms with E-state index in [0.29, 0.717) is 22.3 Å². The summed E-state index contributed by atoms with van der Waals surface area (Å²) in [7, 11) is 0. The molecular weight excluding hydrogens is 782 g/mol. The van der Waals surface area contributed by atoms with Crippen LogP contribution in [0.2, 0.25) is 0 Å². The van der Waals surface area contributed by atoms with Crippen molar-refractivity contribution in [2.24, 2.45) is 0 Å². The lowest BCUT2D eigenvalue weighted by molar-refractivity contribution is -0.147. The van der Waals surface area contributed by atoms with E-state index in [1.807, 2.05) is 0 Å². The highest BCUT2D eigenvalue weighted by Crippen LogP contribution is 2.32. The SMILES string of the molecule is C=CC(=O)COC(=O)CCc1ccc(-c2ccc(C(=O)O[C@H]3COC4C3OC[C@H]4OC(=O)c3ccc(-c4ccc(CCC(=O)OCC(=O)C=C)cc4F)cc3)cc2)c(F)c1. The van der Waals surface area contributed by atoms with E-state index in [-0.39, 0.29) is 74.4 Å². The number of halogens is 2.